The molecule has 1 saturated heterocycles. The Morgan fingerprint density at radius 2 is 1.89 bits per heavy atom. The lowest BCUT2D eigenvalue weighted by atomic mass is 10.1. The highest BCUT2D eigenvalue weighted by atomic mass is 79.9. The molecule has 0 spiro atoms. The molecule has 104 valence electrons. The molecule has 1 aromatic rings. The van der Waals surface area contributed by atoms with Crippen LogP contribution in [-0.4, -0.2) is 31.1 Å². The number of hydrogen-bond donors (Lipinski definition) is 1. The minimum absolute atomic E-state index is 0. The maximum Gasteiger partial charge on any atom is 0.129 e. The molecule has 1 N–H and O–H groups in total. The summed E-state index contributed by atoms with van der Waals surface area (Å²) in [6.45, 7) is 6.01. The summed E-state index contributed by atoms with van der Waals surface area (Å²) in [5, 5.41) is 3.30. The number of hydrogen-bond acceptors (Lipinski definition) is 2. The largest absolute Gasteiger partial charge is 0.314 e. The summed E-state index contributed by atoms with van der Waals surface area (Å²) in [6.07, 6.45) is 0. The van der Waals surface area contributed by atoms with Gasteiger partial charge in [0, 0.05) is 42.3 Å². The highest BCUT2D eigenvalue weighted by molar-refractivity contribution is 9.10. The van der Waals surface area contributed by atoms with Crippen LogP contribution in [0.1, 0.15) is 18.5 Å². The lowest BCUT2D eigenvalue weighted by molar-refractivity contribution is 0.182. The quantitative estimate of drug-likeness (QED) is 0.870. The van der Waals surface area contributed by atoms with Gasteiger partial charge in [-0.15, -0.1) is 24.8 Å². The summed E-state index contributed by atoms with van der Waals surface area (Å²) in [4.78, 5) is 2.31. The number of nitrogens with zero attached hydrogens (tertiary/aromatic N) is 1. The first-order valence-corrected chi connectivity index (χ1v) is 6.37. The van der Waals surface area contributed by atoms with Gasteiger partial charge in [-0.2, -0.15) is 0 Å². The fraction of sp³-hybridized carbons (Fsp3) is 0.500. The van der Waals surface area contributed by atoms with Gasteiger partial charge in [0.2, 0.25) is 0 Å². The SMILES string of the molecule is C[C@H](c1ccc(Br)cc1F)N1CCNCC1.Cl.Cl. The topological polar surface area (TPSA) is 15.3 Å². The van der Waals surface area contributed by atoms with Gasteiger partial charge in [0.05, 0.1) is 0 Å². The van der Waals surface area contributed by atoms with Crippen LogP contribution in [0.15, 0.2) is 22.7 Å². The Morgan fingerprint density at radius 1 is 1.28 bits per heavy atom. The van der Waals surface area contributed by atoms with E-state index in [1.165, 1.54) is 6.07 Å². The van der Waals surface area contributed by atoms with Crippen molar-refractivity contribution in [2.75, 3.05) is 26.2 Å². The first-order valence-electron chi connectivity index (χ1n) is 5.58. The molecule has 1 atom stereocenters. The molecule has 0 amide bonds. The minimum atomic E-state index is -0.125. The van der Waals surface area contributed by atoms with Crippen molar-refractivity contribution in [3.05, 3.63) is 34.1 Å². The fourth-order valence-corrected chi connectivity index (χ4v) is 2.44. The van der Waals surface area contributed by atoms with E-state index in [1.54, 1.807) is 0 Å². The molecule has 1 aromatic carbocycles. The van der Waals surface area contributed by atoms with Gasteiger partial charge in [-0.05, 0) is 19.1 Å². The van der Waals surface area contributed by atoms with Crippen LogP contribution in [0.5, 0.6) is 0 Å². The Kier molecular flexibility index (Phi) is 8.39. The Bertz CT molecular complexity index is 373. The van der Waals surface area contributed by atoms with Gasteiger partial charge >= 0.3 is 0 Å². The number of benzene rings is 1. The summed E-state index contributed by atoms with van der Waals surface area (Å²) in [5.74, 6) is -0.125. The molecule has 0 unspecified atom stereocenters. The van der Waals surface area contributed by atoms with Crippen LogP contribution in [-0.2, 0) is 0 Å². The molecular formula is C12H18BrCl2FN2. The molecule has 0 aliphatic carbocycles. The molecule has 0 aromatic heterocycles. The summed E-state index contributed by atoms with van der Waals surface area (Å²) >= 11 is 3.28. The van der Waals surface area contributed by atoms with Crippen molar-refractivity contribution in [1.29, 1.82) is 0 Å². The van der Waals surface area contributed by atoms with Crippen LogP contribution in [0.2, 0.25) is 0 Å². The average Bonchev–Trinajstić information content (AvgIpc) is 2.29. The van der Waals surface area contributed by atoms with E-state index in [0.29, 0.717) is 0 Å². The predicted molar refractivity (Wildman–Crippen MR) is 81.5 cm³/mol. The highest BCUT2D eigenvalue weighted by Crippen LogP contribution is 2.25. The van der Waals surface area contributed by atoms with Crippen LogP contribution < -0.4 is 5.32 Å². The van der Waals surface area contributed by atoms with Gasteiger partial charge in [-0.1, -0.05) is 22.0 Å². The number of nitrogens with one attached hydrogen (secondary N) is 1. The molecule has 2 rings (SSSR count). The Labute approximate surface area is 128 Å². The van der Waals surface area contributed by atoms with Crippen molar-refractivity contribution < 1.29 is 4.39 Å². The lowest BCUT2D eigenvalue weighted by Crippen LogP contribution is -2.44. The summed E-state index contributed by atoms with van der Waals surface area (Å²) < 4.78 is 14.6. The molecule has 0 saturated carbocycles. The molecule has 0 radical (unpaired) electrons. The molecule has 1 aliphatic rings. The molecule has 6 heteroatoms. The fourth-order valence-electron chi connectivity index (χ4n) is 2.11. The van der Waals surface area contributed by atoms with Crippen LogP contribution in [0.25, 0.3) is 0 Å². The van der Waals surface area contributed by atoms with Gasteiger partial charge in [-0.3, -0.25) is 4.90 Å². The highest BCUT2D eigenvalue weighted by Gasteiger charge is 2.20. The summed E-state index contributed by atoms with van der Waals surface area (Å²) in [7, 11) is 0. The first kappa shape index (κ1) is 18.1. The summed E-state index contributed by atoms with van der Waals surface area (Å²) in [6, 6.07) is 5.45. The van der Waals surface area contributed by atoms with E-state index >= 15 is 0 Å². The standard InChI is InChI=1S/C12H16BrFN2.2ClH/c1-9(16-6-4-15-5-7-16)11-3-2-10(13)8-12(11)14;;/h2-3,8-9,15H,4-7H2,1H3;2*1H/t9-;;/m1../s1. The van der Waals surface area contributed by atoms with E-state index in [-0.39, 0.29) is 36.7 Å². The third-order valence-corrected chi connectivity index (χ3v) is 3.61. The minimum Gasteiger partial charge on any atom is -0.314 e. The zero-order chi connectivity index (χ0) is 11.5. The predicted octanol–water partition coefficient (Wildman–Crippen LogP) is 3.40. The van der Waals surface area contributed by atoms with Gasteiger partial charge in [0.25, 0.3) is 0 Å². The van der Waals surface area contributed by atoms with Crippen LogP contribution in [0, 0.1) is 5.82 Å². The van der Waals surface area contributed by atoms with Gasteiger partial charge < -0.3 is 5.32 Å². The Morgan fingerprint density at radius 3 is 2.44 bits per heavy atom. The van der Waals surface area contributed by atoms with E-state index in [2.05, 4.69) is 33.1 Å². The maximum atomic E-state index is 13.8. The Balaban J connectivity index is 0.00000144. The second-order valence-electron chi connectivity index (χ2n) is 4.13. The van der Waals surface area contributed by atoms with Crippen molar-refractivity contribution in [2.45, 2.75) is 13.0 Å². The van der Waals surface area contributed by atoms with E-state index in [9.17, 15) is 4.39 Å². The van der Waals surface area contributed by atoms with E-state index < -0.39 is 0 Å². The van der Waals surface area contributed by atoms with Crippen molar-refractivity contribution >= 4 is 40.7 Å². The second-order valence-corrected chi connectivity index (χ2v) is 5.04. The summed E-state index contributed by atoms with van der Waals surface area (Å²) in [5.41, 5.74) is 0.783. The average molecular weight is 360 g/mol. The molecule has 0 bridgehead atoms. The molecule has 1 aliphatic heterocycles. The number of rotatable bonds is 2. The molecule has 1 fully saturated rings. The van der Waals surface area contributed by atoms with Crippen molar-refractivity contribution in [3.8, 4) is 0 Å². The van der Waals surface area contributed by atoms with Gasteiger partial charge in [0.15, 0.2) is 0 Å². The van der Waals surface area contributed by atoms with Gasteiger partial charge in [-0.25, -0.2) is 4.39 Å². The maximum absolute atomic E-state index is 13.8. The third kappa shape index (κ3) is 4.35. The zero-order valence-corrected chi connectivity index (χ0v) is 13.4. The molecular weight excluding hydrogens is 342 g/mol. The van der Waals surface area contributed by atoms with Crippen molar-refractivity contribution in [3.63, 3.8) is 0 Å². The smallest absolute Gasteiger partial charge is 0.129 e. The van der Waals surface area contributed by atoms with Crippen LogP contribution in [0.3, 0.4) is 0 Å². The third-order valence-electron chi connectivity index (χ3n) is 3.11. The van der Waals surface area contributed by atoms with Crippen LogP contribution >= 0.6 is 40.7 Å². The number of halogens is 4. The van der Waals surface area contributed by atoms with Crippen LogP contribution in [0.4, 0.5) is 4.39 Å². The molecule has 2 nitrogen and oxygen atoms in total. The molecule has 1 heterocycles. The number of piperazine rings is 1. The van der Waals surface area contributed by atoms with E-state index in [1.807, 2.05) is 12.1 Å². The van der Waals surface area contributed by atoms with Crippen molar-refractivity contribution in [2.24, 2.45) is 0 Å². The zero-order valence-electron chi connectivity index (χ0n) is 10.2. The van der Waals surface area contributed by atoms with Crippen molar-refractivity contribution in [1.82, 2.24) is 10.2 Å². The lowest BCUT2D eigenvalue weighted by Gasteiger charge is -2.33. The van der Waals surface area contributed by atoms with Gasteiger partial charge in [0.1, 0.15) is 5.82 Å². The normalized spacial score (nSPS) is 17.5. The second kappa shape index (κ2) is 8.33. The van der Waals surface area contributed by atoms with E-state index in [0.717, 1.165) is 36.2 Å². The monoisotopic (exact) mass is 358 g/mol. The van der Waals surface area contributed by atoms with E-state index in [4.69, 9.17) is 0 Å². The Hall–Kier alpha value is 0.130. The molecule has 18 heavy (non-hydrogen) atoms. The first-order chi connectivity index (χ1) is 7.68.